The Balaban J connectivity index is 1.53. The first-order valence-corrected chi connectivity index (χ1v) is 9.34. The van der Waals surface area contributed by atoms with Gasteiger partial charge in [-0.15, -0.1) is 11.3 Å². The molecule has 0 aliphatic heterocycles. The molecule has 4 aromatic rings. The molecule has 0 spiro atoms. The van der Waals surface area contributed by atoms with Crippen molar-refractivity contribution in [3.05, 3.63) is 53.6 Å². The van der Waals surface area contributed by atoms with Crippen LogP contribution in [0.25, 0.3) is 21.9 Å². The fourth-order valence-electron chi connectivity index (χ4n) is 2.75. The summed E-state index contributed by atoms with van der Waals surface area (Å²) in [6.45, 7) is 1.68. The minimum absolute atomic E-state index is 0.171. The molecule has 1 N–H and O–H groups in total. The van der Waals surface area contributed by atoms with E-state index < -0.39 is 18.9 Å². The normalized spacial score (nSPS) is 11.2. The number of aromatic nitrogens is 5. The van der Waals surface area contributed by atoms with Gasteiger partial charge in [-0.25, -0.2) is 34.0 Å². The molecule has 0 radical (unpaired) electrons. The molecule has 0 aliphatic rings. The van der Waals surface area contributed by atoms with Crippen LogP contribution in [0.5, 0.6) is 5.75 Å². The Labute approximate surface area is 167 Å². The number of nitrogens with one attached hydrogen (secondary N) is 1. The lowest BCUT2D eigenvalue weighted by atomic mass is 10.2. The summed E-state index contributed by atoms with van der Waals surface area (Å²) in [6.07, 6.45) is 2.13. The minimum Gasteiger partial charge on any atom is -0.406 e. The summed E-state index contributed by atoms with van der Waals surface area (Å²) in [4.78, 5) is 29.0. The maximum absolute atomic E-state index is 12.8. The highest BCUT2D eigenvalue weighted by molar-refractivity contribution is 7.12. The summed E-state index contributed by atoms with van der Waals surface area (Å²) in [5, 5.41) is 2.46. The number of thiazole rings is 1. The van der Waals surface area contributed by atoms with Crippen molar-refractivity contribution in [1.82, 2.24) is 24.6 Å². The molecule has 8 nitrogen and oxygen atoms in total. The summed E-state index contributed by atoms with van der Waals surface area (Å²) in [5.74, 6) is 0.606. The van der Waals surface area contributed by atoms with Crippen molar-refractivity contribution in [3.63, 3.8) is 0 Å². The zero-order valence-corrected chi connectivity index (χ0v) is 15.9. The van der Waals surface area contributed by atoms with Crippen LogP contribution in [0.4, 0.5) is 13.6 Å². The van der Waals surface area contributed by atoms with E-state index in [4.69, 9.17) is 4.74 Å². The van der Waals surface area contributed by atoms with Crippen LogP contribution in [0.1, 0.15) is 11.3 Å². The van der Waals surface area contributed by atoms with Crippen molar-refractivity contribution in [1.29, 1.82) is 0 Å². The Hall–Kier alpha value is -3.47. The van der Waals surface area contributed by atoms with Crippen LogP contribution in [0.2, 0.25) is 0 Å². The Morgan fingerprint density at radius 1 is 1.31 bits per heavy atom. The third-order valence-electron chi connectivity index (χ3n) is 3.98. The second kappa shape index (κ2) is 7.87. The smallest absolute Gasteiger partial charge is 0.406 e. The van der Waals surface area contributed by atoms with E-state index in [1.807, 2.05) is 5.38 Å². The molecule has 0 saturated carbocycles. The van der Waals surface area contributed by atoms with E-state index in [-0.39, 0.29) is 5.75 Å². The van der Waals surface area contributed by atoms with Crippen molar-refractivity contribution in [2.45, 2.75) is 19.8 Å². The van der Waals surface area contributed by atoms with Gasteiger partial charge in [0.2, 0.25) is 6.43 Å². The molecule has 0 atom stereocenters. The van der Waals surface area contributed by atoms with Gasteiger partial charge >= 0.3 is 6.09 Å². The van der Waals surface area contributed by atoms with Crippen molar-refractivity contribution < 1.29 is 18.3 Å². The predicted octanol–water partition coefficient (Wildman–Crippen LogP) is 3.81. The Morgan fingerprint density at radius 3 is 2.90 bits per heavy atom. The third kappa shape index (κ3) is 4.04. The van der Waals surface area contributed by atoms with Crippen LogP contribution < -0.4 is 10.2 Å². The van der Waals surface area contributed by atoms with Crippen molar-refractivity contribution in [2.24, 2.45) is 0 Å². The van der Waals surface area contributed by atoms with Gasteiger partial charge < -0.3 is 4.74 Å². The quantitative estimate of drug-likeness (QED) is 0.532. The fraction of sp³-hybridized carbons (Fsp3) is 0.167. The first kappa shape index (κ1) is 18.9. The second-order valence-electron chi connectivity index (χ2n) is 5.97. The van der Waals surface area contributed by atoms with E-state index in [9.17, 15) is 13.6 Å². The number of halogens is 2. The first-order chi connectivity index (χ1) is 14.0. The molecule has 1 amide bonds. The largest absolute Gasteiger partial charge is 0.432 e. The van der Waals surface area contributed by atoms with E-state index in [1.165, 1.54) is 34.6 Å². The predicted molar refractivity (Wildman–Crippen MR) is 103 cm³/mol. The summed E-state index contributed by atoms with van der Waals surface area (Å²) >= 11 is 1.39. The van der Waals surface area contributed by atoms with Gasteiger partial charge in [-0.3, -0.25) is 9.66 Å². The van der Waals surface area contributed by atoms with Crippen LogP contribution >= 0.6 is 11.3 Å². The molecule has 0 bridgehead atoms. The van der Waals surface area contributed by atoms with Gasteiger partial charge in [-0.1, -0.05) is 0 Å². The third-order valence-corrected chi connectivity index (χ3v) is 4.75. The molecule has 29 heavy (non-hydrogen) atoms. The highest BCUT2D eigenvalue weighted by atomic mass is 32.1. The summed E-state index contributed by atoms with van der Waals surface area (Å²) in [7, 11) is 0. The monoisotopic (exact) mass is 416 g/mol. The maximum atomic E-state index is 12.8. The molecule has 0 unspecified atom stereocenters. The van der Waals surface area contributed by atoms with Gasteiger partial charge in [0.25, 0.3) is 0 Å². The van der Waals surface area contributed by atoms with Gasteiger partial charge in [0.15, 0.2) is 16.6 Å². The highest BCUT2D eigenvalue weighted by Gasteiger charge is 2.17. The maximum Gasteiger partial charge on any atom is 0.432 e. The number of amides is 1. The topological polar surface area (TPSA) is 94.8 Å². The Bertz CT molecular complexity index is 1160. The van der Waals surface area contributed by atoms with Gasteiger partial charge in [0, 0.05) is 36.0 Å². The van der Waals surface area contributed by atoms with Crippen molar-refractivity contribution in [3.8, 4) is 16.6 Å². The SMILES string of the molecule is Cc1nc(-c2nccs2)ncc1OC(=O)Nn1cc(CC(F)F)c2ncccc21. The van der Waals surface area contributed by atoms with E-state index in [1.54, 1.807) is 25.3 Å². The van der Waals surface area contributed by atoms with Crippen LogP contribution in [-0.4, -0.2) is 37.1 Å². The lowest BCUT2D eigenvalue weighted by molar-refractivity contribution is 0.149. The van der Waals surface area contributed by atoms with Crippen LogP contribution in [-0.2, 0) is 6.42 Å². The summed E-state index contributed by atoms with van der Waals surface area (Å²) in [6, 6.07) is 3.31. The van der Waals surface area contributed by atoms with Crippen molar-refractivity contribution in [2.75, 3.05) is 5.43 Å². The number of rotatable bonds is 5. The lowest BCUT2D eigenvalue weighted by Crippen LogP contribution is -2.25. The van der Waals surface area contributed by atoms with Crippen LogP contribution in [0.3, 0.4) is 0 Å². The van der Waals surface area contributed by atoms with Gasteiger partial charge in [-0.05, 0) is 19.1 Å². The Kier molecular flexibility index (Phi) is 5.12. The molecule has 4 rings (SSSR count). The fourth-order valence-corrected chi connectivity index (χ4v) is 3.32. The number of aryl methyl sites for hydroxylation is 1. The van der Waals surface area contributed by atoms with E-state index in [2.05, 4.69) is 25.4 Å². The second-order valence-corrected chi connectivity index (χ2v) is 6.87. The molecule has 148 valence electrons. The molecule has 11 heteroatoms. The van der Waals surface area contributed by atoms with Gasteiger partial charge in [0.1, 0.15) is 0 Å². The number of pyridine rings is 1. The number of nitrogens with zero attached hydrogens (tertiary/aromatic N) is 5. The molecule has 0 saturated heterocycles. The van der Waals surface area contributed by atoms with Gasteiger partial charge in [0.05, 0.1) is 22.9 Å². The minimum atomic E-state index is -2.53. The molecule has 4 heterocycles. The number of carbonyl (C=O) groups is 1. The first-order valence-electron chi connectivity index (χ1n) is 8.46. The van der Waals surface area contributed by atoms with Crippen LogP contribution in [0, 0.1) is 6.92 Å². The Morgan fingerprint density at radius 2 is 2.17 bits per heavy atom. The lowest BCUT2D eigenvalue weighted by Gasteiger charge is -2.10. The average Bonchev–Trinajstić information content (AvgIpc) is 3.33. The number of hydrogen-bond donors (Lipinski definition) is 1. The number of alkyl halides is 2. The summed E-state index contributed by atoms with van der Waals surface area (Å²) in [5.41, 5.74) is 4.15. The number of ether oxygens (including phenoxy) is 1. The molecular weight excluding hydrogens is 402 g/mol. The number of carbonyl (C=O) groups excluding carboxylic acids is 1. The molecule has 4 aromatic heterocycles. The van der Waals surface area contributed by atoms with E-state index in [0.29, 0.717) is 33.1 Å². The average molecular weight is 416 g/mol. The summed E-state index contributed by atoms with van der Waals surface area (Å²) < 4.78 is 32.2. The zero-order chi connectivity index (χ0) is 20.4. The van der Waals surface area contributed by atoms with E-state index >= 15 is 0 Å². The zero-order valence-electron chi connectivity index (χ0n) is 15.0. The van der Waals surface area contributed by atoms with Crippen LogP contribution in [0.15, 0.2) is 42.3 Å². The molecule has 0 fully saturated rings. The number of fused-ring (bicyclic) bond motifs is 1. The van der Waals surface area contributed by atoms with Crippen molar-refractivity contribution >= 4 is 28.5 Å². The highest BCUT2D eigenvalue weighted by Crippen LogP contribution is 2.23. The van der Waals surface area contributed by atoms with Gasteiger partial charge in [-0.2, -0.15) is 0 Å². The molecular formula is C18H14F2N6O2S. The van der Waals surface area contributed by atoms with E-state index in [0.717, 1.165) is 0 Å². The molecule has 0 aliphatic carbocycles. The molecule has 0 aromatic carbocycles. The standard InChI is InChI=1S/C18H14F2N6O2S/c1-10-13(8-23-16(24-10)17-22-5-6-29-17)28-18(27)25-26-9-11(7-14(19)20)15-12(26)3-2-4-21-15/h2-6,8-9,14H,7H2,1H3,(H,25,27). The number of hydrogen-bond acceptors (Lipinski definition) is 7.